The van der Waals surface area contributed by atoms with Crippen LogP contribution in [0.1, 0.15) is 57.8 Å². The fourth-order valence-electron chi connectivity index (χ4n) is 2.43. The Hall–Kier alpha value is -1.22. The number of hydrogen-bond donors (Lipinski definition) is 1. The molecule has 5 heteroatoms. The third kappa shape index (κ3) is 6.50. The fraction of sp³-hybridized carbons (Fsp3) is 0.923. The second-order valence-corrected chi connectivity index (χ2v) is 4.99. The molecule has 0 radical (unpaired) electrons. The Morgan fingerprint density at radius 2 is 1.83 bits per heavy atom. The van der Waals surface area contributed by atoms with Crippen molar-refractivity contribution in [2.24, 2.45) is 11.0 Å². The van der Waals surface area contributed by atoms with Crippen molar-refractivity contribution in [2.45, 2.75) is 57.8 Å². The number of nitrogens with zero attached hydrogens (tertiary/aromatic N) is 3. The predicted octanol–water partition coefficient (Wildman–Crippen LogP) is 3.55. The van der Waals surface area contributed by atoms with Gasteiger partial charge in [0, 0.05) is 23.9 Å². The minimum atomic E-state index is 0.223. The van der Waals surface area contributed by atoms with E-state index in [-0.39, 0.29) is 11.8 Å². The van der Waals surface area contributed by atoms with Crippen LogP contribution in [-0.2, 0) is 4.79 Å². The highest BCUT2D eigenvalue weighted by Crippen LogP contribution is 2.22. The Balaban J connectivity index is 2.12. The Morgan fingerprint density at radius 3 is 2.50 bits per heavy atom. The minimum absolute atomic E-state index is 0.223. The Labute approximate surface area is 109 Å². The molecular formula is C13H24N4O. The Bertz CT molecular complexity index is 279. The van der Waals surface area contributed by atoms with Crippen LogP contribution < -0.4 is 5.32 Å². The zero-order valence-electron chi connectivity index (χ0n) is 11.1. The summed E-state index contributed by atoms with van der Waals surface area (Å²) >= 11 is 0. The molecule has 1 fully saturated rings. The molecule has 1 saturated carbocycles. The van der Waals surface area contributed by atoms with Crippen molar-refractivity contribution in [3.05, 3.63) is 10.4 Å². The lowest BCUT2D eigenvalue weighted by Crippen LogP contribution is -2.31. The molecule has 0 atom stereocenters. The van der Waals surface area contributed by atoms with Gasteiger partial charge in [-0.3, -0.25) is 4.79 Å². The van der Waals surface area contributed by atoms with E-state index < -0.39 is 0 Å². The van der Waals surface area contributed by atoms with Gasteiger partial charge in [0.2, 0.25) is 5.91 Å². The van der Waals surface area contributed by atoms with Crippen molar-refractivity contribution in [3.8, 4) is 0 Å². The molecule has 0 bridgehead atoms. The number of carbonyl (C=O) groups excluding carboxylic acids is 1. The van der Waals surface area contributed by atoms with Gasteiger partial charge >= 0.3 is 0 Å². The molecule has 1 aliphatic carbocycles. The highest BCUT2D eigenvalue weighted by atomic mass is 16.1. The maximum absolute atomic E-state index is 12.0. The van der Waals surface area contributed by atoms with Crippen LogP contribution in [0.4, 0.5) is 0 Å². The Morgan fingerprint density at radius 1 is 1.17 bits per heavy atom. The maximum atomic E-state index is 12.0. The number of amides is 1. The van der Waals surface area contributed by atoms with Gasteiger partial charge in [0.1, 0.15) is 0 Å². The van der Waals surface area contributed by atoms with E-state index in [9.17, 15) is 4.79 Å². The molecule has 0 heterocycles. The lowest BCUT2D eigenvalue weighted by molar-refractivity contribution is -0.125. The first kappa shape index (κ1) is 14.8. The summed E-state index contributed by atoms with van der Waals surface area (Å²) in [6.45, 7) is 1.23. The molecule has 0 aromatic heterocycles. The van der Waals surface area contributed by atoms with Gasteiger partial charge in [0.15, 0.2) is 0 Å². The summed E-state index contributed by atoms with van der Waals surface area (Å²) in [6.07, 6.45) is 10.1. The van der Waals surface area contributed by atoms with Crippen LogP contribution in [-0.4, -0.2) is 19.0 Å². The van der Waals surface area contributed by atoms with Crippen molar-refractivity contribution < 1.29 is 4.79 Å². The van der Waals surface area contributed by atoms with E-state index >= 15 is 0 Å². The number of rotatable bonds is 6. The van der Waals surface area contributed by atoms with Crippen molar-refractivity contribution >= 4 is 5.91 Å². The van der Waals surface area contributed by atoms with Crippen LogP contribution in [0.25, 0.3) is 10.4 Å². The first-order valence-corrected chi connectivity index (χ1v) is 7.13. The van der Waals surface area contributed by atoms with Crippen molar-refractivity contribution in [3.63, 3.8) is 0 Å². The molecule has 1 rings (SSSR count). The molecule has 0 aromatic rings. The summed E-state index contributed by atoms with van der Waals surface area (Å²) in [7, 11) is 0. The zero-order chi connectivity index (χ0) is 13.1. The molecule has 5 nitrogen and oxygen atoms in total. The smallest absolute Gasteiger partial charge is 0.223 e. The van der Waals surface area contributed by atoms with E-state index in [0.717, 1.165) is 25.7 Å². The van der Waals surface area contributed by atoms with Gasteiger partial charge in [0.05, 0.1) is 0 Å². The highest BCUT2D eigenvalue weighted by Gasteiger charge is 2.18. The van der Waals surface area contributed by atoms with Gasteiger partial charge in [-0.05, 0) is 31.2 Å². The van der Waals surface area contributed by atoms with Gasteiger partial charge < -0.3 is 5.32 Å². The molecule has 0 saturated heterocycles. The van der Waals surface area contributed by atoms with E-state index in [2.05, 4.69) is 15.3 Å². The second kappa shape index (κ2) is 9.77. The first-order valence-electron chi connectivity index (χ1n) is 7.13. The lowest BCUT2D eigenvalue weighted by atomic mass is 9.90. The van der Waals surface area contributed by atoms with E-state index in [1.54, 1.807) is 0 Å². The predicted molar refractivity (Wildman–Crippen MR) is 72.1 cm³/mol. The van der Waals surface area contributed by atoms with Crippen molar-refractivity contribution in [1.29, 1.82) is 0 Å². The van der Waals surface area contributed by atoms with Crippen molar-refractivity contribution in [2.75, 3.05) is 13.1 Å². The quantitative estimate of drug-likeness (QED) is 0.333. The van der Waals surface area contributed by atoms with Crippen LogP contribution in [0.15, 0.2) is 5.11 Å². The SMILES string of the molecule is [N-]=[N+]=NCCCCNC(=O)C1CCCCCCC1. The standard InChI is InChI=1S/C13H24N4O/c14-17-16-11-7-6-10-15-13(18)12-8-4-2-1-3-5-9-12/h12H,1-11H2,(H,15,18). The van der Waals surface area contributed by atoms with E-state index in [0.29, 0.717) is 13.1 Å². The van der Waals surface area contributed by atoms with Crippen LogP contribution in [0.2, 0.25) is 0 Å². The molecule has 0 spiro atoms. The molecule has 1 aliphatic rings. The molecular weight excluding hydrogens is 228 g/mol. The third-order valence-corrected chi connectivity index (χ3v) is 3.52. The van der Waals surface area contributed by atoms with E-state index in [1.165, 1.54) is 32.1 Å². The third-order valence-electron chi connectivity index (χ3n) is 3.52. The summed E-state index contributed by atoms with van der Waals surface area (Å²) in [6, 6.07) is 0. The summed E-state index contributed by atoms with van der Waals surface area (Å²) in [4.78, 5) is 14.7. The lowest BCUT2D eigenvalue weighted by Gasteiger charge is -2.19. The van der Waals surface area contributed by atoms with Gasteiger partial charge in [-0.15, -0.1) is 0 Å². The minimum Gasteiger partial charge on any atom is -0.356 e. The van der Waals surface area contributed by atoms with Gasteiger partial charge in [-0.25, -0.2) is 0 Å². The van der Waals surface area contributed by atoms with Gasteiger partial charge in [0.25, 0.3) is 0 Å². The van der Waals surface area contributed by atoms with Crippen LogP contribution in [0, 0.1) is 5.92 Å². The molecule has 0 unspecified atom stereocenters. The first-order chi connectivity index (χ1) is 8.84. The average molecular weight is 252 g/mol. The highest BCUT2D eigenvalue weighted by molar-refractivity contribution is 5.78. The number of azide groups is 1. The summed E-state index contributed by atoms with van der Waals surface area (Å²) < 4.78 is 0. The molecule has 18 heavy (non-hydrogen) atoms. The summed E-state index contributed by atoms with van der Waals surface area (Å²) in [5.41, 5.74) is 8.12. The van der Waals surface area contributed by atoms with Crippen molar-refractivity contribution in [1.82, 2.24) is 5.32 Å². The Kier molecular flexibility index (Phi) is 8.06. The van der Waals surface area contributed by atoms with E-state index in [4.69, 9.17) is 5.53 Å². The van der Waals surface area contributed by atoms with Gasteiger partial charge in [-0.1, -0.05) is 37.2 Å². The molecule has 1 amide bonds. The normalized spacial score (nSPS) is 17.3. The number of unbranched alkanes of at least 4 members (excludes halogenated alkanes) is 1. The summed E-state index contributed by atoms with van der Waals surface area (Å²) in [5.74, 6) is 0.447. The monoisotopic (exact) mass is 252 g/mol. The molecule has 0 aliphatic heterocycles. The van der Waals surface area contributed by atoms with Crippen LogP contribution in [0.5, 0.6) is 0 Å². The van der Waals surface area contributed by atoms with Crippen LogP contribution >= 0.6 is 0 Å². The average Bonchev–Trinajstić information content (AvgIpc) is 2.33. The largest absolute Gasteiger partial charge is 0.356 e. The summed E-state index contributed by atoms with van der Waals surface area (Å²) in [5, 5.41) is 6.47. The zero-order valence-corrected chi connectivity index (χ0v) is 11.1. The number of nitrogens with one attached hydrogen (secondary N) is 1. The van der Waals surface area contributed by atoms with Crippen LogP contribution in [0.3, 0.4) is 0 Å². The number of hydrogen-bond acceptors (Lipinski definition) is 2. The molecule has 102 valence electrons. The topological polar surface area (TPSA) is 77.9 Å². The van der Waals surface area contributed by atoms with E-state index in [1.807, 2.05) is 0 Å². The fourth-order valence-corrected chi connectivity index (χ4v) is 2.43. The molecule has 0 aromatic carbocycles. The second-order valence-electron chi connectivity index (χ2n) is 4.99. The molecule has 1 N–H and O–H groups in total. The maximum Gasteiger partial charge on any atom is 0.223 e. The number of carbonyl (C=O) groups is 1. The van der Waals surface area contributed by atoms with Gasteiger partial charge in [-0.2, -0.15) is 0 Å².